The van der Waals surface area contributed by atoms with E-state index in [9.17, 15) is 4.79 Å². The maximum Gasteiger partial charge on any atom is 0.341 e. The zero-order chi connectivity index (χ0) is 10.8. The van der Waals surface area contributed by atoms with E-state index in [1.807, 2.05) is 0 Å². The average Bonchev–Trinajstić information content (AvgIpc) is 3.01. The number of nitrogens with zero attached hydrogens (tertiary/aromatic N) is 1. The maximum absolute atomic E-state index is 10.9. The van der Waals surface area contributed by atoms with Crippen molar-refractivity contribution in [1.82, 2.24) is 4.98 Å². The van der Waals surface area contributed by atoms with E-state index >= 15 is 0 Å². The number of carboxylic acids is 1. The Morgan fingerprint density at radius 2 is 2.40 bits per heavy atom. The Balaban J connectivity index is 2.30. The minimum atomic E-state index is -1.01. The van der Waals surface area contributed by atoms with E-state index in [1.54, 1.807) is 13.1 Å². The van der Waals surface area contributed by atoms with E-state index in [0.29, 0.717) is 11.6 Å². The summed E-state index contributed by atoms with van der Waals surface area (Å²) in [6.45, 7) is 0. The molecule has 0 unspecified atom stereocenters. The van der Waals surface area contributed by atoms with Crippen LogP contribution in [0, 0.1) is 0 Å². The van der Waals surface area contributed by atoms with Crippen LogP contribution in [-0.2, 0) is 0 Å². The van der Waals surface area contributed by atoms with Gasteiger partial charge in [0.2, 0.25) is 0 Å². The third kappa shape index (κ3) is 2.18. The van der Waals surface area contributed by atoms with Gasteiger partial charge in [0.1, 0.15) is 17.1 Å². The predicted octanol–water partition coefficient (Wildman–Crippen LogP) is 1.36. The zero-order valence-electron chi connectivity index (χ0n) is 8.36. The van der Waals surface area contributed by atoms with Gasteiger partial charge in [-0.15, -0.1) is 0 Å². The van der Waals surface area contributed by atoms with Crippen molar-refractivity contribution >= 4 is 11.8 Å². The fraction of sp³-hybridized carbons (Fsp3) is 0.400. The Bertz CT molecular complexity index is 388. The van der Waals surface area contributed by atoms with Crippen LogP contribution < -0.4 is 10.1 Å². The molecule has 0 atom stereocenters. The molecule has 15 heavy (non-hydrogen) atoms. The summed E-state index contributed by atoms with van der Waals surface area (Å²) in [4.78, 5) is 14.8. The Morgan fingerprint density at radius 3 is 2.93 bits per heavy atom. The highest BCUT2D eigenvalue weighted by Gasteiger charge is 2.26. The number of anilines is 1. The van der Waals surface area contributed by atoms with Gasteiger partial charge in [-0.2, -0.15) is 0 Å². The third-order valence-electron chi connectivity index (χ3n) is 2.17. The van der Waals surface area contributed by atoms with Crippen LogP contribution in [0.5, 0.6) is 5.75 Å². The van der Waals surface area contributed by atoms with Gasteiger partial charge < -0.3 is 15.2 Å². The lowest BCUT2D eigenvalue weighted by Gasteiger charge is -2.09. The van der Waals surface area contributed by atoms with Crippen molar-refractivity contribution in [3.05, 3.63) is 17.8 Å². The normalized spacial score (nSPS) is 14.7. The number of nitrogens with one attached hydrogen (secondary N) is 1. The highest BCUT2D eigenvalue weighted by molar-refractivity contribution is 5.90. The van der Waals surface area contributed by atoms with Crippen LogP contribution in [0.3, 0.4) is 0 Å². The topological polar surface area (TPSA) is 71.5 Å². The van der Waals surface area contributed by atoms with Gasteiger partial charge in [-0.05, 0) is 12.8 Å². The molecular formula is C10H12N2O3. The standard InChI is InChI=1S/C10H12N2O3/c1-11-9-4-8(15-6-2-3-6)7(5-12-9)10(13)14/h4-6H,2-3H2,1H3,(H,11,12)(H,13,14). The van der Waals surface area contributed by atoms with E-state index in [2.05, 4.69) is 10.3 Å². The first kappa shape index (κ1) is 9.76. The van der Waals surface area contributed by atoms with Crippen LogP contribution in [0.25, 0.3) is 0 Å². The van der Waals surface area contributed by atoms with Crippen molar-refractivity contribution in [1.29, 1.82) is 0 Å². The molecule has 1 aliphatic rings. The SMILES string of the molecule is CNc1cc(OC2CC2)c(C(=O)O)cn1. The lowest BCUT2D eigenvalue weighted by Crippen LogP contribution is -2.06. The average molecular weight is 208 g/mol. The first-order chi connectivity index (χ1) is 7.20. The zero-order valence-corrected chi connectivity index (χ0v) is 8.36. The van der Waals surface area contributed by atoms with Crippen LogP contribution >= 0.6 is 0 Å². The molecule has 1 aromatic rings. The van der Waals surface area contributed by atoms with Crippen molar-refractivity contribution in [2.24, 2.45) is 0 Å². The first-order valence-corrected chi connectivity index (χ1v) is 4.78. The summed E-state index contributed by atoms with van der Waals surface area (Å²) < 4.78 is 5.50. The number of aromatic carboxylic acids is 1. The molecule has 0 amide bonds. The summed E-state index contributed by atoms with van der Waals surface area (Å²) >= 11 is 0. The molecule has 1 fully saturated rings. The number of pyridine rings is 1. The van der Waals surface area contributed by atoms with Crippen LogP contribution in [0.15, 0.2) is 12.3 Å². The number of carbonyl (C=O) groups is 1. The maximum atomic E-state index is 10.9. The Kier molecular flexibility index (Phi) is 2.45. The van der Waals surface area contributed by atoms with Gasteiger partial charge in [0.15, 0.2) is 0 Å². The number of carboxylic acid groups (broad SMARTS) is 1. The summed E-state index contributed by atoms with van der Waals surface area (Å²) in [7, 11) is 1.73. The molecule has 0 spiro atoms. The fourth-order valence-electron chi connectivity index (χ4n) is 1.20. The van der Waals surface area contributed by atoms with Crippen LogP contribution in [0.1, 0.15) is 23.2 Å². The quantitative estimate of drug-likeness (QED) is 0.781. The van der Waals surface area contributed by atoms with Gasteiger partial charge in [-0.25, -0.2) is 9.78 Å². The largest absolute Gasteiger partial charge is 0.489 e. The Morgan fingerprint density at radius 1 is 1.67 bits per heavy atom. The van der Waals surface area contributed by atoms with Crippen molar-refractivity contribution in [2.45, 2.75) is 18.9 Å². The second kappa shape index (κ2) is 3.76. The summed E-state index contributed by atoms with van der Waals surface area (Å²) in [6.07, 6.45) is 3.48. The predicted molar refractivity (Wildman–Crippen MR) is 54.4 cm³/mol. The monoisotopic (exact) mass is 208 g/mol. The number of aromatic nitrogens is 1. The van der Waals surface area contributed by atoms with Gasteiger partial charge in [0.25, 0.3) is 0 Å². The molecule has 0 aliphatic heterocycles. The van der Waals surface area contributed by atoms with Crippen molar-refractivity contribution < 1.29 is 14.6 Å². The van der Waals surface area contributed by atoms with Crippen LogP contribution in [-0.4, -0.2) is 29.2 Å². The van der Waals surface area contributed by atoms with E-state index in [4.69, 9.17) is 9.84 Å². The molecule has 1 saturated carbocycles. The van der Waals surface area contributed by atoms with Gasteiger partial charge in [-0.3, -0.25) is 0 Å². The summed E-state index contributed by atoms with van der Waals surface area (Å²) in [5.41, 5.74) is 0.112. The lowest BCUT2D eigenvalue weighted by molar-refractivity contribution is 0.0691. The number of hydrogen-bond acceptors (Lipinski definition) is 4. The highest BCUT2D eigenvalue weighted by Crippen LogP contribution is 2.30. The Hall–Kier alpha value is -1.78. The second-order valence-electron chi connectivity index (χ2n) is 3.44. The van der Waals surface area contributed by atoms with Crippen molar-refractivity contribution in [3.63, 3.8) is 0 Å². The molecular weight excluding hydrogens is 196 g/mol. The number of rotatable bonds is 4. The Labute approximate surface area is 87.1 Å². The summed E-state index contributed by atoms with van der Waals surface area (Å²) in [6, 6.07) is 1.61. The molecule has 0 radical (unpaired) electrons. The number of hydrogen-bond donors (Lipinski definition) is 2. The van der Waals surface area contributed by atoms with Gasteiger partial charge in [-0.1, -0.05) is 0 Å². The molecule has 0 aromatic carbocycles. The lowest BCUT2D eigenvalue weighted by atomic mass is 10.2. The van der Waals surface area contributed by atoms with Crippen LogP contribution in [0.4, 0.5) is 5.82 Å². The molecule has 1 heterocycles. The molecule has 5 heteroatoms. The van der Waals surface area contributed by atoms with Crippen LogP contribution in [0.2, 0.25) is 0 Å². The molecule has 5 nitrogen and oxygen atoms in total. The molecule has 2 N–H and O–H groups in total. The van der Waals surface area contributed by atoms with Gasteiger partial charge in [0, 0.05) is 19.3 Å². The first-order valence-electron chi connectivity index (χ1n) is 4.78. The van der Waals surface area contributed by atoms with E-state index in [0.717, 1.165) is 12.8 Å². The van der Waals surface area contributed by atoms with E-state index in [-0.39, 0.29) is 11.7 Å². The fourth-order valence-corrected chi connectivity index (χ4v) is 1.20. The molecule has 0 saturated heterocycles. The van der Waals surface area contributed by atoms with Crippen molar-refractivity contribution in [2.75, 3.05) is 12.4 Å². The van der Waals surface area contributed by atoms with Gasteiger partial charge >= 0.3 is 5.97 Å². The summed E-state index contributed by atoms with van der Waals surface area (Å²) in [5.74, 6) is -0.0131. The van der Waals surface area contributed by atoms with Gasteiger partial charge in [0.05, 0.1) is 6.10 Å². The minimum absolute atomic E-state index is 0.112. The molecule has 80 valence electrons. The van der Waals surface area contributed by atoms with Crippen molar-refractivity contribution in [3.8, 4) is 5.75 Å². The third-order valence-corrected chi connectivity index (χ3v) is 2.17. The molecule has 1 aliphatic carbocycles. The van der Waals surface area contributed by atoms with E-state index in [1.165, 1.54) is 6.20 Å². The highest BCUT2D eigenvalue weighted by atomic mass is 16.5. The molecule has 0 bridgehead atoms. The second-order valence-corrected chi connectivity index (χ2v) is 3.44. The molecule has 1 aromatic heterocycles. The number of ether oxygens (including phenoxy) is 1. The summed E-state index contributed by atoms with van der Waals surface area (Å²) in [5, 5.41) is 11.8. The van der Waals surface area contributed by atoms with E-state index < -0.39 is 5.97 Å². The smallest absolute Gasteiger partial charge is 0.341 e. The molecule has 2 rings (SSSR count). The minimum Gasteiger partial charge on any atom is -0.489 e.